The highest BCUT2D eigenvalue weighted by molar-refractivity contribution is 9.10. The fourth-order valence-electron chi connectivity index (χ4n) is 1.26. The van der Waals surface area contributed by atoms with Crippen LogP contribution >= 0.6 is 39.0 Å². The molecule has 0 atom stereocenters. The van der Waals surface area contributed by atoms with Gasteiger partial charge in [-0.1, -0.05) is 0 Å². The fourth-order valence-corrected chi connectivity index (χ4v) is 3.69. The van der Waals surface area contributed by atoms with Crippen molar-refractivity contribution in [1.82, 2.24) is 0 Å². The molecule has 1 heterocycles. The average Bonchev–Trinajstić information content (AvgIpc) is 2.60. The molecule has 0 aliphatic carbocycles. The van der Waals surface area contributed by atoms with Gasteiger partial charge < -0.3 is 5.73 Å². The predicted molar refractivity (Wildman–Crippen MR) is 65.7 cm³/mol. The van der Waals surface area contributed by atoms with E-state index in [-0.39, 0.29) is 0 Å². The summed E-state index contributed by atoms with van der Waals surface area (Å²) >= 11 is 6.97. The van der Waals surface area contributed by atoms with Crippen LogP contribution in [0.25, 0.3) is 10.1 Å². The van der Waals surface area contributed by atoms with Crippen LogP contribution in [0.1, 0.15) is 0 Å². The molecular formula is C9H8BrNS2. The molecule has 2 N–H and O–H groups in total. The van der Waals surface area contributed by atoms with Crippen molar-refractivity contribution in [2.24, 2.45) is 0 Å². The highest BCUT2D eigenvalue weighted by atomic mass is 79.9. The Labute approximate surface area is 93.4 Å². The quantitative estimate of drug-likeness (QED) is 0.629. The average molecular weight is 274 g/mol. The van der Waals surface area contributed by atoms with Gasteiger partial charge in [-0.3, -0.25) is 0 Å². The molecular weight excluding hydrogens is 266 g/mol. The standard InChI is InChI=1S/C9H8BrNS2/c1-12-7-4-6(11)9-5(8(7)10)2-3-13-9/h2-4H,11H2,1H3. The Balaban J connectivity index is 2.85. The first-order chi connectivity index (χ1) is 6.24. The lowest BCUT2D eigenvalue weighted by Gasteiger charge is -2.04. The lowest BCUT2D eigenvalue weighted by Crippen LogP contribution is -1.86. The van der Waals surface area contributed by atoms with Gasteiger partial charge in [-0.2, -0.15) is 0 Å². The molecule has 68 valence electrons. The van der Waals surface area contributed by atoms with Crippen LogP contribution < -0.4 is 5.73 Å². The smallest absolute Gasteiger partial charge is 0.0584 e. The van der Waals surface area contributed by atoms with E-state index >= 15 is 0 Å². The summed E-state index contributed by atoms with van der Waals surface area (Å²) in [5.74, 6) is 0. The van der Waals surface area contributed by atoms with E-state index in [1.54, 1.807) is 23.1 Å². The van der Waals surface area contributed by atoms with E-state index in [1.807, 2.05) is 6.07 Å². The van der Waals surface area contributed by atoms with Gasteiger partial charge in [0.2, 0.25) is 0 Å². The number of halogens is 1. The van der Waals surface area contributed by atoms with Crippen molar-refractivity contribution >= 4 is 54.8 Å². The van der Waals surface area contributed by atoms with Crippen molar-refractivity contribution < 1.29 is 0 Å². The third-order valence-corrected chi connectivity index (χ3v) is 4.73. The van der Waals surface area contributed by atoms with Crippen molar-refractivity contribution in [1.29, 1.82) is 0 Å². The molecule has 1 aromatic heterocycles. The van der Waals surface area contributed by atoms with E-state index in [0.717, 1.165) is 10.2 Å². The maximum Gasteiger partial charge on any atom is 0.0584 e. The summed E-state index contributed by atoms with van der Waals surface area (Å²) in [4.78, 5) is 1.20. The Bertz CT molecular complexity index is 450. The first kappa shape index (κ1) is 9.37. The number of anilines is 1. The molecule has 4 heteroatoms. The van der Waals surface area contributed by atoms with Crippen LogP contribution in [0.4, 0.5) is 5.69 Å². The molecule has 0 aliphatic heterocycles. The Morgan fingerprint density at radius 3 is 3.00 bits per heavy atom. The Morgan fingerprint density at radius 1 is 1.54 bits per heavy atom. The van der Waals surface area contributed by atoms with E-state index in [1.165, 1.54) is 15.0 Å². The first-order valence-corrected chi connectivity index (χ1v) is 6.63. The molecule has 0 radical (unpaired) electrons. The van der Waals surface area contributed by atoms with Crippen LogP contribution in [0, 0.1) is 0 Å². The summed E-state index contributed by atoms with van der Waals surface area (Å²) in [6.07, 6.45) is 2.05. The summed E-state index contributed by atoms with van der Waals surface area (Å²) in [6.45, 7) is 0. The van der Waals surface area contributed by atoms with Gasteiger partial charge in [0.25, 0.3) is 0 Å². The maximum absolute atomic E-state index is 5.92. The number of nitrogens with two attached hydrogens (primary N) is 1. The highest BCUT2D eigenvalue weighted by Gasteiger charge is 2.08. The van der Waals surface area contributed by atoms with Crippen molar-refractivity contribution in [3.63, 3.8) is 0 Å². The number of rotatable bonds is 1. The molecule has 0 saturated carbocycles. The molecule has 0 saturated heterocycles. The second-order valence-corrected chi connectivity index (χ2v) is 5.20. The number of nitrogen functional groups attached to an aromatic ring is 1. The summed E-state index contributed by atoms with van der Waals surface area (Å²) in [6, 6.07) is 4.12. The van der Waals surface area contributed by atoms with Crippen LogP contribution in [-0.4, -0.2) is 6.26 Å². The second-order valence-electron chi connectivity index (χ2n) is 2.65. The van der Waals surface area contributed by atoms with E-state index in [0.29, 0.717) is 0 Å². The molecule has 0 unspecified atom stereocenters. The summed E-state index contributed by atoms with van der Waals surface area (Å²) in [5.41, 5.74) is 6.79. The van der Waals surface area contributed by atoms with Crippen molar-refractivity contribution in [3.8, 4) is 0 Å². The van der Waals surface area contributed by atoms with Crippen LogP contribution in [-0.2, 0) is 0 Å². The highest BCUT2D eigenvalue weighted by Crippen LogP contribution is 2.39. The van der Waals surface area contributed by atoms with E-state index in [2.05, 4.69) is 33.6 Å². The molecule has 0 bridgehead atoms. The van der Waals surface area contributed by atoms with Gasteiger partial charge in [0, 0.05) is 14.8 Å². The van der Waals surface area contributed by atoms with Gasteiger partial charge in [0.05, 0.1) is 10.4 Å². The van der Waals surface area contributed by atoms with Gasteiger partial charge in [0.1, 0.15) is 0 Å². The number of hydrogen-bond acceptors (Lipinski definition) is 3. The minimum absolute atomic E-state index is 0.873. The number of fused-ring (bicyclic) bond motifs is 1. The number of thiophene rings is 1. The fraction of sp³-hybridized carbons (Fsp3) is 0.111. The third-order valence-electron chi connectivity index (χ3n) is 1.89. The number of benzene rings is 1. The Kier molecular flexibility index (Phi) is 2.53. The van der Waals surface area contributed by atoms with Crippen LogP contribution in [0.3, 0.4) is 0 Å². The predicted octanol–water partition coefficient (Wildman–Crippen LogP) is 3.97. The van der Waals surface area contributed by atoms with E-state index in [9.17, 15) is 0 Å². The number of thioether (sulfide) groups is 1. The summed E-state index contributed by atoms with van der Waals surface area (Å²) in [7, 11) is 0. The monoisotopic (exact) mass is 273 g/mol. The molecule has 2 aromatic rings. The lowest BCUT2D eigenvalue weighted by molar-refractivity contribution is 1.47. The van der Waals surface area contributed by atoms with Gasteiger partial charge in [-0.05, 0) is 39.7 Å². The van der Waals surface area contributed by atoms with Crippen LogP contribution in [0.2, 0.25) is 0 Å². The van der Waals surface area contributed by atoms with Crippen molar-refractivity contribution in [3.05, 3.63) is 22.0 Å². The zero-order valence-electron chi connectivity index (χ0n) is 7.00. The molecule has 2 rings (SSSR count). The minimum Gasteiger partial charge on any atom is -0.398 e. The second kappa shape index (κ2) is 3.52. The van der Waals surface area contributed by atoms with Gasteiger partial charge in [-0.15, -0.1) is 23.1 Å². The molecule has 1 aromatic carbocycles. The first-order valence-electron chi connectivity index (χ1n) is 3.73. The minimum atomic E-state index is 0.873. The number of hydrogen-bond donors (Lipinski definition) is 1. The van der Waals surface area contributed by atoms with E-state index in [4.69, 9.17) is 5.73 Å². The molecule has 0 fully saturated rings. The van der Waals surface area contributed by atoms with E-state index < -0.39 is 0 Å². The molecule has 0 amide bonds. The van der Waals surface area contributed by atoms with Crippen LogP contribution in [0.15, 0.2) is 26.9 Å². The Morgan fingerprint density at radius 2 is 2.31 bits per heavy atom. The van der Waals surface area contributed by atoms with Gasteiger partial charge >= 0.3 is 0 Å². The Hall–Kier alpha value is -0.190. The van der Waals surface area contributed by atoms with Crippen molar-refractivity contribution in [2.45, 2.75) is 4.90 Å². The molecule has 13 heavy (non-hydrogen) atoms. The molecule has 0 spiro atoms. The van der Waals surface area contributed by atoms with Crippen molar-refractivity contribution in [2.75, 3.05) is 12.0 Å². The third kappa shape index (κ3) is 1.47. The molecule has 1 nitrogen and oxygen atoms in total. The lowest BCUT2D eigenvalue weighted by atomic mass is 10.2. The normalized spacial score (nSPS) is 10.9. The summed E-state index contributed by atoms with van der Waals surface area (Å²) in [5, 5.41) is 3.28. The zero-order chi connectivity index (χ0) is 9.42. The van der Waals surface area contributed by atoms with Gasteiger partial charge in [-0.25, -0.2) is 0 Å². The SMILES string of the molecule is CSc1cc(N)c2sccc2c1Br. The zero-order valence-corrected chi connectivity index (χ0v) is 10.2. The topological polar surface area (TPSA) is 26.0 Å². The van der Waals surface area contributed by atoms with Crippen LogP contribution in [0.5, 0.6) is 0 Å². The summed E-state index contributed by atoms with van der Waals surface area (Å²) < 4.78 is 2.33. The largest absolute Gasteiger partial charge is 0.398 e. The molecule has 0 aliphatic rings. The van der Waals surface area contributed by atoms with Gasteiger partial charge in [0.15, 0.2) is 0 Å². The maximum atomic E-state index is 5.92.